The van der Waals surface area contributed by atoms with E-state index < -0.39 is 0 Å². The smallest absolute Gasteiger partial charge is 0.225 e. The van der Waals surface area contributed by atoms with Gasteiger partial charge in [-0.3, -0.25) is 4.79 Å². The Kier molecular flexibility index (Phi) is 3.29. The standard InChI is InChI=1S/C12H22N2O/c1-9-4-3-7-14(11(9)8-13)12(15)10-5-2-6-10/h9-11H,2-8,13H2,1H3/t9-,11-/m1/s1. The minimum atomic E-state index is 0.298. The quantitative estimate of drug-likeness (QED) is 0.748. The number of rotatable bonds is 2. The second kappa shape index (κ2) is 4.52. The predicted molar refractivity (Wildman–Crippen MR) is 60.3 cm³/mol. The number of likely N-dealkylation sites (tertiary alicyclic amines) is 1. The van der Waals surface area contributed by atoms with E-state index in [9.17, 15) is 4.79 Å². The van der Waals surface area contributed by atoms with Gasteiger partial charge in [-0.2, -0.15) is 0 Å². The van der Waals surface area contributed by atoms with Gasteiger partial charge in [0.25, 0.3) is 0 Å². The van der Waals surface area contributed by atoms with Crippen LogP contribution in [0.2, 0.25) is 0 Å². The van der Waals surface area contributed by atoms with Crippen LogP contribution in [-0.2, 0) is 4.79 Å². The Balaban J connectivity index is 2.01. The van der Waals surface area contributed by atoms with Crippen molar-refractivity contribution in [3.63, 3.8) is 0 Å². The summed E-state index contributed by atoms with van der Waals surface area (Å²) in [5.41, 5.74) is 5.79. The monoisotopic (exact) mass is 210 g/mol. The van der Waals surface area contributed by atoms with E-state index in [1.807, 2.05) is 0 Å². The average Bonchev–Trinajstić information content (AvgIpc) is 2.14. The third kappa shape index (κ3) is 2.03. The van der Waals surface area contributed by atoms with Gasteiger partial charge >= 0.3 is 0 Å². The number of nitrogens with zero attached hydrogens (tertiary/aromatic N) is 1. The molecular weight excluding hydrogens is 188 g/mol. The minimum Gasteiger partial charge on any atom is -0.338 e. The van der Waals surface area contributed by atoms with Crippen LogP contribution in [0, 0.1) is 11.8 Å². The molecule has 3 nitrogen and oxygen atoms in total. The maximum atomic E-state index is 12.2. The molecular formula is C12H22N2O. The molecule has 1 amide bonds. The SMILES string of the molecule is C[C@@H]1CCCN(C(=O)C2CCC2)[C@@H]1CN. The Hall–Kier alpha value is -0.570. The van der Waals surface area contributed by atoms with Gasteiger partial charge in [0.2, 0.25) is 5.91 Å². The Morgan fingerprint density at radius 3 is 2.60 bits per heavy atom. The van der Waals surface area contributed by atoms with E-state index in [0.717, 1.165) is 25.8 Å². The first-order valence-electron chi connectivity index (χ1n) is 6.24. The average molecular weight is 210 g/mol. The fourth-order valence-corrected chi connectivity index (χ4v) is 2.77. The normalized spacial score (nSPS) is 32.5. The fraction of sp³-hybridized carbons (Fsp3) is 0.917. The zero-order chi connectivity index (χ0) is 10.8. The molecule has 2 fully saturated rings. The molecule has 0 unspecified atom stereocenters. The molecule has 0 aromatic rings. The summed E-state index contributed by atoms with van der Waals surface area (Å²) < 4.78 is 0. The Labute approximate surface area is 92.0 Å². The van der Waals surface area contributed by atoms with Crippen LogP contribution in [-0.4, -0.2) is 29.9 Å². The number of piperidine rings is 1. The van der Waals surface area contributed by atoms with Gasteiger partial charge in [-0.05, 0) is 31.6 Å². The van der Waals surface area contributed by atoms with E-state index in [2.05, 4.69) is 11.8 Å². The molecule has 1 saturated heterocycles. The first-order valence-corrected chi connectivity index (χ1v) is 6.24. The summed E-state index contributed by atoms with van der Waals surface area (Å²) in [7, 11) is 0. The molecule has 86 valence electrons. The third-order valence-corrected chi connectivity index (χ3v) is 4.09. The van der Waals surface area contributed by atoms with Crippen molar-refractivity contribution in [2.75, 3.05) is 13.1 Å². The van der Waals surface area contributed by atoms with Crippen molar-refractivity contribution in [3.8, 4) is 0 Å². The molecule has 2 aliphatic rings. The summed E-state index contributed by atoms with van der Waals surface area (Å²) in [6.07, 6.45) is 5.79. The molecule has 0 aromatic carbocycles. The van der Waals surface area contributed by atoms with E-state index in [1.54, 1.807) is 0 Å². The maximum Gasteiger partial charge on any atom is 0.225 e. The lowest BCUT2D eigenvalue weighted by Gasteiger charge is -2.42. The predicted octanol–water partition coefficient (Wildman–Crippen LogP) is 1.37. The molecule has 15 heavy (non-hydrogen) atoms. The van der Waals surface area contributed by atoms with E-state index in [0.29, 0.717) is 30.3 Å². The van der Waals surface area contributed by atoms with Crippen molar-refractivity contribution >= 4 is 5.91 Å². The molecule has 0 aromatic heterocycles. The summed E-state index contributed by atoms with van der Waals surface area (Å²) in [5.74, 6) is 1.28. The summed E-state index contributed by atoms with van der Waals surface area (Å²) in [6, 6.07) is 0.298. The minimum absolute atomic E-state index is 0.298. The summed E-state index contributed by atoms with van der Waals surface area (Å²) in [5, 5.41) is 0. The highest BCUT2D eigenvalue weighted by Gasteiger charge is 2.36. The first kappa shape index (κ1) is 10.9. The molecule has 0 spiro atoms. The lowest BCUT2D eigenvalue weighted by Crippen LogP contribution is -2.53. The number of hydrogen-bond donors (Lipinski definition) is 1. The number of carbonyl (C=O) groups is 1. The highest BCUT2D eigenvalue weighted by molar-refractivity contribution is 5.80. The van der Waals surface area contributed by atoms with E-state index >= 15 is 0 Å². The van der Waals surface area contributed by atoms with Crippen LogP contribution in [0.3, 0.4) is 0 Å². The Morgan fingerprint density at radius 2 is 2.07 bits per heavy atom. The molecule has 1 heterocycles. The number of amides is 1. The number of hydrogen-bond acceptors (Lipinski definition) is 2. The van der Waals surface area contributed by atoms with E-state index in [-0.39, 0.29) is 0 Å². The second-order valence-electron chi connectivity index (χ2n) is 5.08. The van der Waals surface area contributed by atoms with Gasteiger partial charge in [-0.1, -0.05) is 13.3 Å². The van der Waals surface area contributed by atoms with Gasteiger partial charge in [-0.15, -0.1) is 0 Å². The summed E-state index contributed by atoms with van der Waals surface area (Å²) in [4.78, 5) is 14.2. The first-order chi connectivity index (χ1) is 7.24. The molecule has 3 heteroatoms. The topological polar surface area (TPSA) is 46.3 Å². The van der Waals surface area contributed by atoms with Crippen molar-refractivity contribution in [2.45, 2.75) is 45.1 Å². The van der Waals surface area contributed by atoms with Crippen molar-refractivity contribution in [2.24, 2.45) is 17.6 Å². The fourth-order valence-electron chi connectivity index (χ4n) is 2.77. The van der Waals surface area contributed by atoms with Crippen LogP contribution in [0.4, 0.5) is 0 Å². The van der Waals surface area contributed by atoms with Crippen LogP contribution >= 0.6 is 0 Å². The van der Waals surface area contributed by atoms with Gasteiger partial charge in [-0.25, -0.2) is 0 Å². The highest BCUT2D eigenvalue weighted by atomic mass is 16.2. The molecule has 0 radical (unpaired) electrons. The number of carbonyl (C=O) groups excluding carboxylic acids is 1. The van der Waals surface area contributed by atoms with Crippen LogP contribution in [0.25, 0.3) is 0 Å². The van der Waals surface area contributed by atoms with Gasteiger partial charge in [0.15, 0.2) is 0 Å². The van der Waals surface area contributed by atoms with E-state index in [4.69, 9.17) is 5.73 Å². The van der Waals surface area contributed by atoms with Crippen molar-refractivity contribution < 1.29 is 4.79 Å². The van der Waals surface area contributed by atoms with Gasteiger partial charge in [0.05, 0.1) is 0 Å². The number of nitrogens with two attached hydrogens (primary N) is 1. The van der Waals surface area contributed by atoms with Crippen LogP contribution in [0.5, 0.6) is 0 Å². The van der Waals surface area contributed by atoms with E-state index in [1.165, 1.54) is 12.8 Å². The largest absolute Gasteiger partial charge is 0.338 e. The van der Waals surface area contributed by atoms with Gasteiger partial charge in [0, 0.05) is 25.0 Å². The highest BCUT2D eigenvalue weighted by Crippen LogP contribution is 2.31. The molecule has 2 N–H and O–H groups in total. The van der Waals surface area contributed by atoms with Gasteiger partial charge < -0.3 is 10.6 Å². The molecule has 1 aliphatic heterocycles. The van der Waals surface area contributed by atoms with Crippen molar-refractivity contribution in [1.82, 2.24) is 4.90 Å². The third-order valence-electron chi connectivity index (χ3n) is 4.09. The summed E-state index contributed by atoms with van der Waals surface area (Å²) in [6.45, 7) is 3.78. The molecule has 0 bridgehead atoms. The van der Waals surface area contributed by atoms with Crippen LogP contribution in [0.1, 0.15) is 39.0 Å². The zero-order valence-electron chi connectivity index (χ0n) is 9.61. The summed E-state index contributed by atoms with van der Waals surface area (Å²) >= 11 is 0. The lowest BCUT2D eigenvalue weighted by atomic mass is 9.82. The molecule has 1 saturated carbocycles. The maximum absolute atomic E-state index is 12.2. The lowest BCUT2D eigenvalue weighted by molar-refractivity contribution is -0.143. The Bertz CT molecular complexity index is 238. The Morgan fingerprint density at radius 1 is 1.33 bits per heavy atom. The van der Waals surface area contributed by atoms with Crippen molar-refractivity contribution in [3.05, 3.63) is 0 Å². The van der Waals surface area contributed by atoms with Crippen molar-refractivity contribution in [1.29, 1.82) is 0 Å². The van der Waals surface area contributed by atoms with Crippen LogP contribution < -0.4 is 5.73 Å². The van der Waals surface area contributed by atoms with Crippen LogP contribution in [0.15, 0.2) is 0 Å². The van der Waals surface area contributed by atoms with Gasteiger partial charge in [0.1, 0.15) is 0 Å². The molecule has 2 rings (SSSR count). The second-order valence-corrected chi connectivity index (χ2v) is 5.08. The zero-order valence-corrected chi connectivity index (χ0v) is 9.61. The molecule has 2 atom stereocenters. The molecule has 1 aliphatic carbocycles.